The normalized spacial score (nSPS) is 23.3. The number of rotatable bonds is 4. The molecule has 1 aromatic carbocycles. The molecule has 2 aliphatic rings. The lowest BCUT2D eigenvalue weighted by molar-refractivity contribution is -0.130. The number of aryl methyl sites for hydroxylation is 1. The first-order valence-corrected chi connectivity index (χ1v) is 16.0. The molecule has 47 heavy (non-hydrogen) atoms. The number of pyridine rings is 1. The van der Waals surface area contributed by atoms with Gasteiger partial charge in [-0.25, -0.2) is 18.7 Å². The molecule has 3 aromatic heterocycles. The predicted octanol–water partition coefficient (Wildman–Crippen LogP) is 4.81. The summed E-state index contributed by atoms with van der Waals surface area (Å²) in [5, 5.41) is 3.69. The van der Waals surface area contributed by atoms with E-state index in [2.05, 4.69) is 5.32 Å². The fourth-order valence-electron chi connectivity index (χ4n) is 6.85. The third-order valence-corrected chi connectivity index (χ3v) is 9.72. The number of nitrogens with zero attached hydrogens (tertiary/aromatic N) is 5. The molecular weight excluding hydrogens is 608 g/mol. The lowest BCUT2D eigenvalue weighted by Gasteiger charge is -2.36. The van der Waals surface area contributed by atoms with E-state index in [1.165, 1.54) is 11.7 Å². The number of methoxy groups -OCH3 is 2. The number of piperidine rings is 1. The minimum absolute atomic E-state index is 0.111. The maximum Gasteiger partial charge on any atom is 0.265 e. The molecule has 6 rings (SSSR count). The van der Waals surface area contributed by atoms with Crippen molar-refractivity contribution in [3.63, 3.8) is 0 Å². The number of nitrogens with two attached hydrogens (primary N) is 1. The first-order valence-electron chi connectivity index (χ1n) is 16.0. The zero-order chi connectivity index (χ0) is 33.8. The van der Waals surface area contributed by atoms with Crippen LogP contribution in [-0.2, 0) is 23.1 Å². The van der Waals surface area contributed by atoms with Crippen LogP contribution in [0.15, 0.2) is 30.3 Å². The van der Waals surface area contributed by atoms with Crippen molar-refractivity contribution < 1.29 is 27.8 Å². The van der Waals surface area contributed by atoms with Gasteiger partial charge in [-0.3, -0.25) is 9.59 Å². The summed E-state index contributed by atoms with van der Waals surface area (Å²) in [4.78, 5) is 38.1. The molecule has 11 nitrogen and oxygen atoms in total. The third-order valence-electron chi connectivity index (χ3n) is 9.72. The molecule has 0 spiro atoms. The Labute approximate surface area is 272 Å². The van der Waals surface area contributed by atoms with Gasteiger partial charge in [-0.15, -0.1) is 0 Å². The Morgan fingerprint density at radius 1 is 1.13 bits per heavy atom. The number of alkyl halides is 2. The second kappa shape index (κ2) is 12.2. The number of nitrogens with one attached hydrogen (secondary N) is 1. The van der Waals surface area contributed by atoms with E-state index >= 15 is 8.78 Å². The summed E-state index contributed by atoms with van der Waals surface area (Å²) in [7, 11) is 4.94. The Morgan fingerprint density at radius 2 is 1.89 bits per heavy atom. The molecule has 3 atom stereocenters. The lowest BCUT2D eigenvalue weighted by Crippen LogP contribution is -2.53. The van der Waals surface area contributed by atoms with Crippen molar-refractivity contribution >= 4 is 33.9 Å². The Balaban J connectivity index is 1.45. The second-order valence-electron chi connectivity index (χ2n) is 13.6. The van der Waals surface area contributed by atoms with Crippen molar-refractivity contribution in [1.29, 1.82) is 0 Å². The largest absolute Gasteiger partial charge is 0.494 e. The lowest BCUT2D eigenvalue weighted by atomic mass is 9.85. The Hall–Kier alpha value is -4.10. The van der Waals surface area contributed by atoms with E-state index in [9.17, 15) is 9.59 Å². The number of hydrogen-bond donors (Lipinski definition) is 2. The smallest absolute Gasteiger partial charge is 0.265 e. The third kappa shape index (κ3) is 6.06. The molecule has 0 radical (unpaired) electrons. The number of carbonyl (C=O) groups is 2. The van der Waals surface area contributed by atoms with Crippen LogP contribution in [0.3, 0.4) is 0 Å². The zero-order valence-electron chi connectivity index (χ0n) is 27.8. The molecule has 1 fully saturated rings. The van der Waals surface area contributed by atoms with E-state index in [4.69, 9.17) is 25.2 Å². The van der Waals surface area contributed by atoms with Crippen LogP contribution in [-0.4, -0.2) is 81.2 Å². The number of imidazole rings is 1. The average molecular weight is 652 g/mol. The number of likely N-dealkylation sites (tertiary alicyclic amines) is 1. The highest BCUT2D eigenvalue weighted by Gasteiger charge is 2.36. The number of halogens is 2. The van der Waals surface area contributed by atoms with E-state index in [1.807, 2.05) is 25.1 Å². The molecule has 0 unspecified atom stereocenters. The first kappa shape index (κ1) is 32.8. The van der Waals surface area contributed by atoms with E-state index in [0.29, 0.717) is 76.5 Å². The van der Waals surface area contributed by atoms with Crippen molar-refractivity contribution in [2.75, 3.05) is 27.3 Å². The molecule has 1 saturated heterocycles. The van der Waals surface area contributed by atoms with Crippen LogP contribution >= 0.6 is 0 Å². The summed E-state index contributed by atoms with van der Waals surface area (Å²) in [5.41, 5.74) is 8.36. The molecule has 2 amide bonds. The Kier molecular flexibility index (Phi) is 8.50. The monoisotopic (exact) mass is 651 g/mol. The molecule has 252 valence electrons. The van der Waals surface area contributed by atoms with Crippen LogP contribution in [0.4, 0.5) is 8.78 Å². The van der Waals surface area contributed by atoms with Gasteiger partial charge in [0.2, 0.25) is 5.91 Å². The zero-order valence-corrected chi connectivity index (χ0v) is 27.8. The molecule has 2 bridgehead atoms. The quantitative estimate of drug-likeness (QED) is 0.324. The standard InChI is InChI=1S/C34H43F2N7O4/c1-19-23-9-8-20-15-25(43(29(20)39-23)18-34(35,36)12-7-11-33(2,3)32(45)38-19)30-40-24-14-21(16-27(47-6)28(24)41(30)4)31(44)42-13-10-26(46-5)22(37)17-42/h8-9,14-16,19,22,26H,7,10-13,17-18,37H2,1-6H3,(H,38,45)/t19-,22+,26-/m1/s1. The van der Waals surface area contributed by atoms with E-state index < -0.39 is 23.9 Å². The second-order valence-corrected chi connectivity index (χ2v) is 13.6. The molecule has 0 saturated carbocycles. The van der Waals surface area contributed by atoms with Crippen LogP contribution in [0, 0.1) is 5.41 Å². The van der Waals surface area contributed by atoms with Gasteiger partial charge >= 0.3 is 0 Å². The predicted molar refractivity (Wildman–Crippen MR) is 174 cm³/mol. The molecule has 13 heteroatoms. The van der Waals surface area contributed by atoms with E-state index in [1.54, 1.807) is 49.6 Å². The number of fused-ring (bicyclic) bond motifs is 2. The number of aromatic nitrogens is 4. The summed E-state index contributed by atoms with van der Waals surface area (Å²) in [5.74, 6) is -2.62. The van der Waals surface area contributed by atoms with Crippen molar-refractivity contribution in [3.05, 3.63) is 41.6 Å². The van der Waals surface area contributed by atoms with Gasteiger partial charge in [-0.05, 0) is 56.5 Å². The molecule has 2 aliphatic heterocycles. The molecular formula is C34H43F2N7O4. The topological polar surface area (TPSA) is 130 Å². The minimum Gasteiger partial charge on any atom is -0.494 e. The van der Waals surface area contributed by atoms with E-state index in [0.717, 1.165) is 0 Å². The van der Waals surface area contributed by atoms with Gasteiger partial charge in [-0.1, -0.05) is 13.8 Å². The first-order chi connectivity index (χ1) is 22.2. The Morgan fingerprint density at radius 3 is 2.60 bits per heavy atom. The van der Waals surface area contributed by atoms with Crippen molar-refractivity contribution in [2.24, 2.45) is 18.2 Å². The van der Waals surface area contributed by atoms with Gasteiger partial charge in [0.15, 0.2) is 5.82 Å². The molecule has 4 aromatic rings. The average Bonchev–Trinajstić information content (AvgIpc) is 3.55. The highest BCUT2D eigenvalue weighted by Crippen LogP contribution is 2.37. The summed E-state index contributed by atoms with van der Waals surface area (Å²) >= 11 is 0. The fraction of sp³-hybridized carbons (Fsp3) is 0.529. The van der Waals surface area contributed by atoms with Gasteiger partial charge in [0.05, 0.1) is 42.7 Å². The van der Waals surface area contributed by atoms with Gasteiger partial charge in [0.1, 0.15) is 16.9 Å². The maximum atomic E-state index is 15.7. The highest BCUT2D eigenvalue weighted by molar-refractivity contribution is 6.00. The van der Waals surface area contributed by atoms with Crippen LogP contribution < -0.4 is 15.8 Å². The van der Waals surface area contributed by atoms with E-state index in [-0.39, 0.29) is 36.8 Å². The van der Waals surface area contributed by atoms with Gasteiger partial charge in [-0.2, -0.15) is 0 Å². The van der Waals surface area contributed by atoms with Gasteiger partial charge < -0.3 is 34.6 Å². The SMILES string of the molecule is COc1cc(C(=O)N2CC[C@@H](OC)[C@@H](N)C2)cc2nc(-c3cc4ccc5nc4n3CC(F)(F)CCCC(C)(C)C(=O)N[C@@H]5C)n(C)c12. The van der Waals surface area contributed by atoms with Crippen molar-refractivity contribution in [3.8, 4) is 17.3 Å². The summed E-state index contributed by atoms with van der Waals surface area (Å²) in [6, 6.07) is 8.11. The van der Waals surface area contributed by atoms with Crippen LogP contribution in [0.2, 0.25) is 0 Å². The van der Waals surface area contributed by atoms with Crippen LogP contribution in [0.5, 0.6) is 5.75 Å². The minimum atomic E-state index is -3.08. The number of amides is 2. The summed E-state index contributed by atoms with van der Waals surface area (Å²) in [6.45, 7) is 5.65. The van der Waals surface area contributed by atoms with Crippen molar-refractivity contribution in [1.82, 2.24) is 29.3 Å². The molecule has 5 heterocycles. The molecule has 3 N–H and O–H groups in total. The molecule has 0 aliphatic carbocycles. The number of carbonyl (C=O) groups excluding carboxylic acids is 2. The fourth-order valence-corrected chi connectivity index (χ4v) is 6.85. The Bertz CT molecular complexity index is 1850. The van der Waals surface area contributed by atoms with Crippen LogP contribution in [0.25, 0.3) is 33.6 Å². The summed E-state index contributed by atoms with van der Waals surface area (Å²) < 4.78 is 46.0. The van der Waals surface area contributed by atoms with Crippen molar-refractivity contribution in [2.45, 2.75) is 77.1 Å². The number of benzene rings is 1. The summed E-state index contributed by atoms with van der Waals surface area (Å²) in [6.07, 6.45) is 0.638. The van der Waals surface area contributed by atoms with Gasteiger partial charge in [0.25, 0.3) is 11.8 Å². The number of hydrogen-bond acceptors (Lipinski definition) is 7. The maximum absolute atomic E-state index is 15.7. The van der Waals surface area contributed by atoms with Crippen LogP contribution in [0.1, 0.15) is 68.5 Å². The number of ether oxygens (including phenoxy) is 2. The van der Waals surface area contributed by atoms with Gasteiger partial charge in [0, 0.05) is 56.1 Å². The highest BCUT2D eigenvalue weighted by atomic mass is 19.3.